The summed E-state index contributed by atoms with van der Waals surface area (Å²) in [4.78, 5) is 0. The van der Waals surface area contributed by atoms with E-state index in [1.165, 1.54) is 12.1 Å². The van der Waals surface area contributed by atoms with Crippen LogP contribution in [0, 0.1) is 11.6 Å². The quantitative estimate of drug-likeness (QED) is 0.836. The lowest BCUT2D eigenvalue weighted by molar-refractivity contribution is 0.199. The maximum atomic E-state index is 13.7. The molecule has 0 bridgehead atoms. The second-order valence-electron chi connectivity index (χ2n) is 4.36. The summed E-state index contributed by atoms with van der Waals surface area (Å²) < 4.78 is 32.8. The summed E-state index contributed by atoms with van der Waals surface area (Å²) in [6.07, 6.45) is -0.566. The third kappa shape index (κ3) is 3.35. The standard InChI is InChI=1S/C15H13BrF2O2/c1-9(19)10-2-4-11(5-3-10)20-8-12-14(17)7-6-13(16)15(12)18/h2-7,9,19H,8H2,1H3/t9-/m1/s1. The number of benzene rings is 2. The number of aliphatic hydroxyl groups is 1. The van der Waals surface area contributed by atoms with Crippen molar-refractivity contribution in [2.45, 2.75) is 19.6 Å². The molecular formula is C15H13BrF2O2. The van der Waals surface area contributed by atoms with Crippen LogP contribution in [0.1, 0.15) is 24.2 Å². The molecule has 0 aliphatic carbocycles. The molecule has 0 heterocycles. The van der Waals surface area contributed by atoms with Crippen molar-refractivity contribution in [2.75, 3.05) is 0 Å². The Labute approximate surface area is 124 Å². The second-order valence-corrected chi connectivity index (χ2v) is 5.21. The van der Waals surface area contributed by atoms with Gasteiger partial charge in [0, 0.05) is 0 Å². The Kier molecular flexibility index (Phi) is 4.73. The summed E-state index contributed by atoms with van der Waals surface area (Å²) in [6, 6.07) is 9.20. The number of ether oxygens (including phenoxy) is 1. The van der Waals surface area contributed by atoms with Crippen molar-refractivity contribution >= 4 is 15.9 Å². The second kappa shape index (κ2) is 6.33. The highest BCUT2D eigenvalue weighted by atomic mass is 79.9. The van der Waals surface area contributed by atoms with E-state index in [-0.39, 0.29) is 16.6 Å². The van der Waals surface area contributed by atoms with Crippen LogP contribution in [0.3, 0.4) is 0 Å². The molecule has 1 N–H and O–H groups in total. The van der Waals surface area contributed by atoms with Gasteiger partial charge in [-0.05, 0) is 52.7 Å². The zero-order valence-corrected chi connectivity index (χ0v) is 12.3. The van der Waals surface area contributed by atoms with Crippen LogP contribution in [0.5, 0.6) is 5.75 Å². The van der Waals surface area contributed by atoms with Gasteiger partial charge < -0.3 is 9.84 Å². The molecule has 2 rings (SSSR count). The average molecular weight is 343 g/mol. The van der Waals surface area contributed by atoms with Gasteiger partial charge in [-0.3, -0.25) is 0 Å². The monoisotopic (exact) mass is 342 g/mol. The van der Waals surface area contributed by atoms with E-state index in [9.17, 15) is 13.9 Å². The summed E-state index contributed by atoms with van der Waals surface area (Å²) in [5, 5.41) is 9.38. The van der Waals surface area contributed by atoms with Crippen LogP contribution in [0.4, 0.5) is 8.78 Å². The SMILES string of the molecule is C[C@@H](O)c1ccc(OCc2c(F)ccc(Br)c2F)cc1. The van der Waals surface area contributed by atoms with Crippen molar-refractivity contribution in [3.63, 3.8) is 0 Å². The predicted molar refractivity (Wildman–Crippen MR) is 75.5 cm³/mol. The minimum absolute atomic E-state index is 0.126. The van der Waals surface area contributed by atoms with Crippen molar-refractivity contribution < 1.29 is 18.6 Å². The zero-order chi connectivity index (χ0) is 14.7. The maximum Gasteiger partial charge on any atom is 0.146 e. The lowest BCUT2D eigenvalue weighted by Gasteiger charge is -2.10. The topological polar surface area (TPSA) is 29.5 Å². The molecular weight excluding hydrogens is 330 g/mol. The fourth-order valence-electron chi connectivity index (χ4n) is 1.70. The molecule has 0 amide bonds. The van der Waals surface area contributed by atoms with Crippen molar-refractivity contribution in [1.82, 2.24) is 0 Å². The van der Waals surface area contributed by atoms with E-state index in [4.69, 9.17) is 4.74 Å². The summed E-state index contributed by atoms with van der Waals surface area (Å²) in [5.74, 6) is -0.829. The molecule has 0 radical (unpaired) electrons. The molecule has 1 atom stereocenters. The highest BCUT2D eigenvalue weighted by Crippen LogP contribution is 2.24. The van der Waals surface area contributed by atoms with Gasteiger partial charge in [0.25, 0.3) is 0 Å². The molecule has 5 heteroatoms. The highest BCUT2D eigenvalue weighted by Gasteiger charge is 2.13. The smallest absolute Gasteiger partial charge is 0.146 e. The Morgan fingerprint density at radius 3 is 2.40 bits per heavy atom. The molecule has 0 aliphatic rings. The van der Waals surface area contributed by atoms with Crippen molar-refractivity contribution in [1.29, 1.82) is 0 Å². The number of aliphatic hydroxyl groups excluding tert-OH is 1. The van der Waals surface area contributed by atoms with Gasteiger partial charge in [0.05, 0.1) is 16.1 Å². The first-order valence-corrected chi connectivity index (χ1v) is 6.81. The fourth-order valence-corrected chi connectivity index (χ4v) is 2.07. The summed E-state index contributed by atoms with van der Waals surface area (Å²) in [7, 11) is 0. The molecule has 106 valence electrons. The van der Waals surface area contributed by atoms with Gasteiger partial charge in [-0.25, -0.2) is 8.78 Å². The van der Waals surface area contributed by atoms with Gasteiger partial charge in [0.15, 0.2) is 0 Å². The van der Waals surface area contributed by atoms with E-state index >= 15 is 0 Å². The largest absolute Gasteiger partial charge is 0.489 e. The Hall–Kier alpha value is -1.46. The van der Waals surface area contributed by atoms with E-state index in [1.54, 1.807) is 31.2 Å². The maximum absolute atomic E-state index is 13.7. The average Bonchev–Trinajstić information content (AvgIpc) is 2.43. The Morgan fingerprint density at radius 1 is 1.15 bits per heavy atom. The van der Waals surface area contributed by atoms with E-state index in [1.807, 2.05) is 0 Å². The molecule has 0 aromatic heterocycles. The first-order chi connectivity index (χ1) is 9.49. The Morgan fingerprint density at radius 2 is 1.80 bits per heavy atom. The molecule has 2 nitrogen and oxygen atoms in total. The van der Waals surface area contributed by atoms with E-state index in [0.717, 1.165) is 5.56 Å². The van der Waals surface area contributed by atoms with Gasteiger partial charge >= 0.3 is 0 Å². The highest BCUT2D eigenvalue weighted by molar-refractivity contribution is 9.10. The first kappa shape index (κ1) is 14.9. The summed E-state index contributed by atoms with van der Waals surface area (Å²) in [6.45, 7) is 1.45. The van der Waals surface area contributed by atoms with Gasteiger partial charge in [0.1, 0.15) is 24.0 Å². The van der Waals surface area contributed by atoms with Crippen LogP contribution in [0.2, 0.25) is 0 Å². The molecule has 2 aromatic carbocycles. The van der Waals surface area contributed by atoms with Gasteiger partial charge in [-0.1, -0.05) is 12.1 Å². The first-order valence-electron chi connectivity index (χ1n) is 6.02. The molecule has 20 heavy (non-hydrogen) atoms. The number of hydrogen-bond donors (Lipinski definition) is 1. The van der Waals surface area contributed by atoms with Crippen LogP contribution >= 0.6 is 15.9 Å². The Balaban J connectivity index is 2.11. The Bertz CT molecular complexity index is 598. The van der Waals surface area contributed by atoms with Crippen LogP contribution in [0.15, 0.2) is 40.9 Å². The molecule has 0 fully saturated rings. The third-order valence-electron chi connectivity index (χ3n) is 2.88. The van der Waals surface area contributed by atoms with Crippen LogP contribution in [0.25, 0.3) is 0 Å². The predicted octanol–water partition coefficient (Wildman–Crippen LogP) is 4.36. The molecule has 0 aliphatic heterocycles. The van der Waals surface area contributed by atoms with Crippen LogP contribution in [-0.4, -0.2) is 5.11 Å². The van der Waals surface area contributed by atoms with Gasteiger partial charge in [0.2, 0.25) is 0 Å². The third-order valence-corrected chi connectivity index (χ3v) is 3.50. The zero-order valence-electron chi connectivity index (χ0n) is 10.7. The lowest BCUT2D eigenvalue weighted by atomic mass is 10.1. The minimum Gasteiger partial charge on any atom is -0.489 e. The van der Waals surface area contributed by atoms with Gasteiger partial charge in [-0.2, -0.15) is 0 Å². The van der Waals surface area contributed by atoms with E-state index in [0.29, 0.717) is 5.75 Å². The van der Waals surface area contributed by atoms with E-state index in [2.05, 4.69) is 15.9 Å². The van der Waals surface area contributed by atoms with Crippen LogP contribution in [-0.2, 0) is 6.61 Å². The normalized spacial score (nSPS) is 12.2. The summed E-state index contributed by atoms with van der Waals surface area (Å²) in [5.41, 5.74) is 0.621. The number of hydrogen-bond acceptors (Lipinski definition) is 2. The van der Waals surface area contributed by atoms with Crippen molar-refractivity contribution in [3.05, 3.63) is 63.6 Å². The van der Waals surface area contributed by atoms with Crippen molar-refractivity contribution in [3.8, 4) is 5.75 Å². The minimum atomic E-state index is -0.661. The fraction of sp³-hybridized carbons (Fsp3) is 0.200. The molecule has 0 unspecified atom stereocenters. The van der Waals surface area contributed by atoms with Crippen molar-refractivity contribution in [2.24, 2.45) is 0 Å². The summed E-state index contributed by atoms with van der Waals surface area (Å²) >= 11 is 3.01. The van der Waals surface area contributed by atoms with Crippen LogP contribution < -0.4 is 4.74 Å². The molecule has 0 saturated carbocycles. The van der Waals surface area contributed by atoms with E-state index < -0.39 is 17.7 Å². The molecule has 0 spiro atoms. The van der Waals surface area contributed by atoms with Gasteiger partial charge in [-0.15, -0.1) is 0 Å². The lowest BCUT2D eigenvalue weighted by Crippen LogP contribution is -2.03. The number of rotatable bonds is 4. The molecule has 2 aromatic rings. The molecule has 0 saturated heterocycles. The number of halogens is 3.